The van der Waals surface area contributed by atoms with Crippen molar-refractivity contribution < 1.29 is 9.90 Å². The first kappa shape index (κ1) is 13.3. The van der Waals surface area contributed by atoms with Crippen LogP contribution in [0.4, 0.5) is 0 Å². The van der Waals surface area contributed by atoms with Gasteiger partial charge in [-0.1, -0.05) is 31.5 Å². The molecule has 0 atom stereocenters. The van der Waals surface area contributed by atoms with Gasteiger partial charge in [0.15, 0.2) is 0 Å². The number of rotatable bonds is 2. The van der Waals surface area contributed by atoms with Crippen LogP contribution in [0.1, 0.15) is 35.0 Å². The Hall–Kier alpha value is -1.65. The van der Waals surface area contributed by atoms with Crippen LogP contribution in [0.5, 0.6) is 0 Å². The summed E-state index contributed by atoms with van der Waals surface area (Å²) in [6.45, 7) is 4.25. The highest BCUT2D eigenvalue weighted by atomic mass is 35.5. The SMILES string of the molecule is CC(C)c1ccc2nc(Cl)c3cc(C(=O)O)sc3c2c1. The topological polar surface area (TPSA) is 50.2 Å². The van der Waals surface area contributed by atoms with E-state index < -0.39 is 5.97 Å². The molecule has 0 unspecified atom stereocenters. The Labute approximate surface area is 124 Å². The number of halogens is 1. The highest BCUT2D eigenvalue weighted by Crippen LogP contribution is 2.36. The number of carboxylic acid groups (broad SMARTS) is 1. The van der Waals surface area contributed by atoms with Crippen LogP contribution in [0.2, 0.25) is 5.15 Å². The summed E-state index contributed by atoms with van der Waals surface area (Å²) in [6.07, 6.45) is 0. The molecule has 2 heterocycles. The van der Waals surface area contributed by atoms with Crippen molar-refractivity contribution in [3.8, 4) is 0 Å². The number of carboxylic acids is 1. The summed E-state index contributed by atoms with van der Waals surface area (Å²) in [4.78, 5) is 15.8. The van der Waals surface area contributed by atoms with Gasteiger partial charge in [0, 0.05) is 15.5 Å². The van der Waals surface area contributed by atoms with Crippen molar-refractivity contribution in [1.82, 2.24) is 4.98 Å². The van der Waals surface area contributed by atoms with Crippen molar-refractivity contribution in [3.63, 3.8) is 0 Å². The van der Waals surface area contributed by atoms with Crippen LogP contribution in [0, 0.1) is 0 Å². The maximum Gasteiger partial charge on any atom is 0.345 e. The Bertz CT molecular complexity index is 839. The molecule has 0 saturated carbocycles. The van der Waals surface area contributed by atoms with Gasteiger partial charge in [-0.25, -0.2) is 9.78 Å². The fraction of sp³-hybridized carbons (Fsp3) is 0.200. The molecule has 0 spiro atoms. The molecule has 0 aliphatic heterocycles. The van der Waals surface area contributed by atoms with E-state index in [4.69, 9.17) is 16.7 Å². The van der Waals surface area contributed by atoms with Gasteiger partial charge in [0.25, 0.3) is 0 Å². The molecule has 0 aliphatic carbocycles. The molecule has 3 rings (SSSR count). The second-order valence-corrected chi connectivity index (χ2v) is 6.40. The molecule has 3 aromatic rings. The zero-order chi connectivity index (χ0) is 14.4. The molecule has 0 radical (unpaired) electrons. The quantitative estimate of drug-likeness (QED) is 0.683. The number of aromatic nitrogens is 1. The molecule has 5 heteroatoms. The Morgan fingerprint density at radius 1 is 1.30 bits per heavy atom. The lowest BCUT2D eigenvalue weighted by molar-refractivity contribution is 0.0702. The second-order valence-electron chi connectivity index (χ2n) is 4.99. The zero-order valence-electron chi connectivity index (χ0n) is 11.0. The van der Waals surface area contributed by atoms with Crippen molar-refractivity contribution in [1.29, 1.82) is 0 Å². The Kier molecular flexibility index (Phi) is 3.15. The summed E-state index contributed by atoms with van der Waals surface area (Å²) in [5.41, 5.74) is 2.00. The lowest BCUT2D eigenvalue weighted by Gasteiger charge is -2.07. The van der Waals surface area contributed by atoms with Crippen molar-refractivity contribution in [2.45, 2.75) is 19.8 Å². The minimum Gasteiger partial charge on any atom is -0.477 e. The van der Waals surface area contributed by atoms with E-state index in [0.29, 0.717) is 16.5 Å². The molecule has 0 fully saturated rings. The van der Waals surface area contributed by atoms with Gasteiger partial charge in [-0.05, 0) is 29.7 Å². The molecule has 0 saturated heterocycles. The summed E-state index contributed by atoms with van der Waals surface area (Å²) < 4.78 is 0.889. The first-order valence-corrected chi connectivity index (χ1v) is 7.43. The molecule has 3 nitrogen and oxygen atoms in total. The van der Waals surface area contributed by atoms with Crippen molar-refractivity contribution in [2.24, 2.45) is 0 Å². The fourth-order valence-corrected chi connectivity index (χ4v) is 3.53. The fourth-order valence-electron chi connectivity index (χ4n) is 2.21. The molecule has 1 N–H and O–H groups in total. The third-order valence-electron chi connectivity index (χ3n) is 3.32. The monoisotopic (exact) mass is 305 g/mol. The molecular formula is C15H12ClNO2S. The lowest BCUT2D eigenvalue weighted by atomic mass is 10.0. The largest absolute Gasteiger partial charge is 0.477 e. The van der Waals surface area contributed by atoms with Crippen molar-refractivity contribution >= 4 is 49.9 Å². The van der Waals surface area contributed by atoms with Gasteiger partial charge in [0.05, 0.1) is 5.52 Å². The number of thiophene rings is 1. The molecule has 2 aromatic heterocycles. The molecular weight excluding hydrogens is 294 g/mol. The summed E-state index contributed by atoms with van der Waals surface area (Å²) in [6, 6.07) is 7.65. The van der Waals surface area contributed by atoms with E-state index >= 15 is 0 Å². The third kappa shape index (κ3) is 2.05. The zero-order valence-corrected chi connectivity index (χ0v) is 12.5. The summed E-state index contributed by atoms with van der Waals surface area (Å²) in [5.74, 6) is -0.528. The smallest absolute Gasteiger partial charge is 0.345 e. The molecule has 20 heavy (non-hydrogen) atoms. The number of fused-ring (bicyclic) bond motifs is 3. The standard InChI is InChI=1S/C15H12ClNO2S/c1-7(2)8-3-4-11-9(5-8)13-10(14(16)17-11)6-12(20-13)15(18)19/h3-7H,1-2H3,(H,18,19). The highest BCUT2D eigenvalue weighted by Gasteiger charge is 2.15. The molecule has 0 amide bonds. The van der Waals surface area contributed by atoms with Gasteiger partial charge >= 0.3 is 5.97 Å². The van der Waals surface area contributed by atoms with Crippen LogP contribution in [0.3, 0.4) is 0 Å². The van der Waals surface area contributed by atoms with E-state index in [2.05, 4.69) is 24.9 Å². The Balaban J connectivity index is 2.42. The minimum absolute atomic E-state index is 0.283. The number of benzene rings is 1. The van der Waals surface area contributed by atoms with Crippen molar-refractivity contribution in [3.05, 3.63) is 39.9 Å². The first-order valence-electron chi connectivity index (χ1n) is 6.23. The normalized spacial score (nSPS) is 11.6. The molecule has 102 valence electrons. The number of aromatic carboxylic acids is 1. The lowest BCUT2D eigenvalue weighted by Crippen LogP contribution is -1.89. The van der Waals surface area contributed by atoms with Crippen LogP contribution in [-0.2, 0) is 0 Å². The van der Waals surface area contributed by atoms with Gasteiger partial charge in [-0.2, -0.15) is 0 Å². The number of nitrogens with zero attached hydrogens (tertiary/aromatic N) is 1. The Morgan fingerprint density at radius 3 is 2.70 bits per heavy atom. The van der Waals surface area contributed by atoms with Crippen LogP contribution in [-0.4, -0.2) is 16.1 Å². The van der Waals surface area contributed by atoms with Gasteiger partial charge < -0.3 is 5.11 Å². The van der Waals surface area contributed by atoms with E-state index in [0.717, 1.165) is 15.6 Å². The first-order chi connectivity index (χ1) is 9.47. The Morgan fingerprint density at radius 2 is 2.05 bits per heavy atom. The summed E-state index contributed by atoms with van der Waals surface area (Å²) >= 11 is 7.40. The third-order valence-corrected chi connectivity index (χ3v) is 4.76. The molecule has 0 aliphatic rings. The second kappa shape index (κ2) is 4.72. The molecule has 0 bridgehead atoms. The van der Waals surface area contributed by atoms with Gasteiger partial charge in [-0.3, -0.25) is 0 Å². The van der Waals surface area contributed by atoms with E-state index in [-0.39, 0.29) is 4.88 Å². The number of hydrogen-bond donors (Lipinski definition) is 1. The van der Waals surface area contributed by atoms with Crippen LogP contribution >= 0.6 is 22.9 Å². The van der Waals surface area contributed by atoms with Gasteiger partial charge in [-0.15, -0.1) is 11.3 Å². The van der Waals surface area contributed by atoms with Crippen LogP contribution in [0.25, 0.3) is 21.0 Å². The van der Waals surface area contributed by atoms with E-state index in [9.17, 15) is 4.79 Å². The van der Waals surface area contributed by atoms with Crippen molar-refractivity contribution in [2.75, 3.05) is 0 Å². The number of hydrogen-bond acceptors (Lipinski definition) is 3. The summed E-state index contributed by atoms with van der Waals surface area (Å²) in [7, 11) is 0. The number of carbonyl (C=O) groups is 1. The van der Waals surface area contributed by atoms with E-state index in [1.807, 2.05) is 12.1 Å². The van der Waals surface area contributed by atoms with Gasteiger partial charge in [0.2, 0.25) is 0 Å². The van der Waals surface area contributed by atoms with E-state index in [1.165, 1.54) is 16.9 Å². The maximum absolute atomic E-state index is 11.1. The predicted molar refractivity (Wildman–Crippen MR) is 83.2 cm³/mol. The average Bonchev–Trinajstić information content (AvgIpc) is 2.84. The van der Waals surface area contributed by atoms with Crippen LogP contribution < -0.4 is 0 Å². The average molecular weight is 306 g/mol. The predicted octanol–water partition coefficient (Wildman–Crippen LogP) is 4.92. The minimum atomic E-state index is -0.935. The highest BCUT2D eigenvalue weighted by molar-refractivity contribution is 7.21. The number of pyridine rings is 1. The molecule has 1 aromatic carbocycles. The van der Waals surface area contributed by atoms with Crippen LogP contribution in [0.15, 0.2) is 24.3 Å². The van der Waals surface area contributed by atoms with Gasteiger partial charge in [0.1, 0.15) is 10.0 Å². The summed E-state index contributed by atoms with van der Waals surface area (Å²) in [5, 5.41) is 11.2. The van der Waals surface area contributed by atoms with E-state index in [1.54, 1.807) is 6.07 Å². The maximum atomic E-state index is 11.1.